The minimum absolute atomic E-state index is 0.0486. The minimum atomic E-state index is -0.699. The molecule has 1 atom stereocenters. The number of carbonyl (C=O) groups excluding carboxylic acids is 5. The zero-order chi connectivity index (χ0) is 39.5. The van der Waals surface area contributed by atoms with Crippen LogP contribution in [0.4, 0.5) is 11.4 Å². The summed E-state index contributed by atoms with van der Waals surface area (Å²) >= 11 is 0. The molecular weight excluding hydrogens is 697 g/mol. The van der Waals surface area contributed by atoms with E-state index in [9.17, 15) is 24.0 Å². The molecule has 2 N–H and O–H groups in total. The summed E-state index contributed by atoms with van der Waals surface area (Å²) in [5.41, 5.74) is 9.50. The Morgan fingerprint density at radius 3 is 1.93 bits per heavy atom. The summed E-state index contributed by atoms with van der Waals surface area (Å²) in [6, 6.07) is 30.9. The number of ketones is 1. The number of anilines is 2. The molecule has 0 spiro atoms. The number of hydroxylamine groups is 3. The van der Waals surface area contributed by atoms with Gasteiger partial charge in [0.05, 0.1) is 6.04 Å². The van der Waals surface area contributed by atoms with E-state index in [1.54, 1.807) is 12.2 Å². The molecule has 55 heavy (non-hydrogen) atoms. The predicted molar refractivity (Wildman–Crippen MR) is 212 cm³/mol. The highest BCUT2D eigenvalue weighted by Gasteiger charge is 2.35. The van der Waals surface area contributed by atoms with Gasteiger partial charge in [0, 0.05) is 65.9 Å². The van der Waals surface area contributed by atoms with E-state index in [-0.39, 0.29) is 23.0 Å². The van der Waals surface area contributed by atoms with Gasteiger partial charge >= 0.3 is 11.9 Å². The van der Waals surface area contributed by atoms with Crippen LogP contribution in [0.1, 0.15) is 58.1 Å². The van der Waals surface area contributed by atoms with Crippen molar-refractivity contribution < 1.29 is 33.6 Å². The van der Waals surface area contributed by atoms with Crippen molar-refractivity contribution in [1.82, 2.24) is 10.5 Å². The number of nitrogens with one attached hydrogen (secondary N) is 2. The SMILES string of the molecule is C=C(C)C(=O)ONC(=O)/C=C/c1ccc(CCNc2ccc(C(=O)c3ccc(C4CN4c4ccc(/C=C/C(=O)N(C)OC(=O)C(=C)C)cc4)cc3)cc2)cc1. The molecule has 5 rings (SSSR count). The van der Waals surface area contributed by atoms with Crippen LogP contribution in [0.3, 0.4) is 0 Å². The third kappa shape index (κ3) is 11.2. The summed E-state index contributed by atoms with van der Waals surface area (Å²) in [7, 11) is 1.37. The minimum Gasteiger partial charge on any atom is -0.385 e. The molecule has 0 bridgehead atoms. The standard InChI is InChI=1S/C44H42N4O7/c1-29(2)43(52)54-46-40(49)24-12-31-6-8-33(9-7-31)26-27-45-37-20-18-36(19-21-37)42(51)35-16-14-34(15-17-35)39-28-48(39)38-22-10-32(11-23-38)13-25-41(50)47(5)55-44(53)30(3)4/h6-25,39,45H,1,3,26-28H2,2,4-5H3,(H,46,49)/b24-12+,25-13+. The fourth-order valence-corrected chi connectivity index (χ4v) is 5.31. The molecule has 1 aliphatic rings. The van der Waals surface area contributed by atoms with Gasteiger partial charge in [-0.2, -0.15) is 10.5 Å². The summed E-state index contributed by atoms with van der Waals surface area (Å²) in [6.45, 7) is 11.5. The Labute approximate surface area is 320 Å². The molecule has 1 saturated heterocycles. The van der Waals surface area contributed by atoms with Gasteiger partial charge in [0.15, 0.2) is 5.78 Å². The van der Waals surface area contributed by atoms with Crippen molar-refractivity contribution in [2.24, 2.45) is 0 Å². The lowest BCUT2D eigenvalue weighted by molar-refractivity contribution is -0.185. The Balaban J connectivity index is 1.05. The van der Waals surface area contributed by atoms with Crippen molar-refractivity contribution in [2.45, 2.75) is 26.3 Å². The van der Waals surface area contributed by atoms with Crippen molar-refractivity contribution in [3.63, 3.8) is 0 Å². The molecule has 4 aromatic rings. The molecule has 0 aliphatic carbocycles. The third-order valence-corrected chi connectivity index (χ3v) is 8.58. The van der Waals surface area contributed by atoms with E-state index in [4.69, 9.17) is 4.84 Å². The lowest BCUT2D eigenvalue weighted by Gasteiger charge is -2.13. The van der Waals surface area contributed by atoms with E-state index in [2.05, 4.69) is 33.7 Å². The molecular formula is C44H42N4O7. The molecule has 2 amide bonds. The van der Waals surface area contributed by atoms with Gasteiger partial charge < -0.3 is 19.9 Å². The number of carbonyl (C=O) groups is 5. The van der Waals surface area contributed by atoms with Gasteiger partial charge in [-0.05, 0) is 91.1 Å². The van der Waals surface area contributed by atoms with Crippen LogP contribution in [0.25, 0.3) is 12.2 Å². The van der Waals surface area contributed by atoms with E-state index < -0.39 is 23.8 Å². The summed E-state index contributed by atoms with van der Waals surface area (Å²) in [5.74, 6) is -2.45. The van der Waals surface area contributed by atoms with Gasteiger partial charge in [-0.3, -0.25) is 14.4 Å². The predicted octanol–water partition coefficient (Wildman–Crippen LogP) is 6.80. The molecule has 1 aliphatic heterocycles. The fourth-order valence-electron chi connectivity index (χ4n) is 5.31. The molecule has 1 heterocycles. The number of rotatable bonds is 14. The largest absolute Gasteiger partial charge is 0.385 e. The number of benzene rings is 4. The van der Waals surface area contributed by atoms with Crippen molar-refractivity contribution in [3.8, 4) is 0 Å². The maximum Gasteiger partial charge on any atom is 0.358 e. The van der Waals surface area contributed by atoms with Crippen LogP contribution < -0.4 is 15.7 Å². The third-order valence-electron chi connectivity index (χ3n) is 8.58. The molecule has 1 fully saturated rings. The first kappa shape index (κ1) is 39.2. The Morgan fingerprint density at radius 2 is 1.33 bits per heavy atom. The molecule has 11 heteroatoms. The van der Waals surface area contributed by atoms with Crippen molar-refractivity contribution >= 4 is 53.1 Å². The van der Waals surface area contributed by atoms with Crippen LogP contribution in [0.5, 0.6) is 0 Å². The fraction of sp³-hybridized carbons (Fsp3) is 0.159. The second-order valence-electron chi connectivity index (χ2n) is 13.0. The molecule has 4 aromatic carbocycles. The first-order valence-corrected chi connectivity index (χ1v) is 17.5. The van der Waals surface area contributed by atoms with Crippen LogP contribution >= 0.6 is 0 Å². The Bertz CT molecular complexity index is 2140. The molecule has 11 nitrogen and oxygen atoms in total. The van der Waals surface area contributed by atoms with Crippen molar-refractivity contribution in [3.05, 3.63) is 167 Å². The average molecular weight is 739 g/mol. The lowest BCUT2D eigenvalue weighted by atomic mass is 10.0. The van der Waals surface area contributed by atoms with E-state index >= 15 is 0 Å². The first-order valence-electron chi connectivity index (χ1n) is 17.5. The topological polar surface area (TPSA) is 134 Å². The summed E-state index contributed by atoms with van der Waals surface area (Å²) in [6.07, 6.45) is 6.66. The van der Waals surface area contributed by atoms with Gasteiger partial charge in [0.25, 0.3) is 11.8 Å². The summed E-state index contributed by atoms with van der Waals surface area (Å²) in [5, 5.41) is 4.26. The van der Waals surface area contributed by atoms with Crippen LogP contribution in [-0.4, -0.2) is 54.7 Å². The first-order chi connectivity index (χ1) is 26.4. The lowest BCUT2D eigenvalue weighted by Crippen LogP contribution is -2.28. The van der Waals surface area contributed by atoms with E-state index in [0.717, 1.165) is 51.7 Å². The van der Waals surface area contributed by atoms with Gasteiger partial charge in [-0.1, -0.05) is 73.8 Å². The normalized spacial score (nSPS) is 13.2. The van der Waals surface area contributed by atoms with Crippen LogP contribution in [0.2, 0.25) is 0 Å². The molecule has 1 unspecified atom stereocenters. The van der Waals surface area contributed by atoms with E-state index in [0.29, 0.717) is 17.7 Å². The molecule has 0 aromatic heterocycles. The molecule has 0 radical (unpaired) electrons. The number of likely N-dealkylation sites (N-methyl/N-ethyl adjacent to an activating group) is 1. The zero-order valence-corrected chi connectivity index (χ0v) is 30.9. The van der Waals surface area contributed by atoms with Gasteiger partial charge in [0.2, 0.25) is 0 Å². The smallest absolute Gasteiger partial charge is 0.358 e. The number of hydrogen-bond acceptors (Lipinski definition) is 9. The van der Waals surface area contributed by atoms with Gasteiger partial charge in [-0.15, -0.1) is 0 Å². The second-order valence-corrected chi connectivity index (χ2v) is 13.0. The maximum atomic E-state index is 13.2. The quantitative estimate of drug-likeness (QED) is 0.0620. The highest BCUT2D eigenvalue weighted by atomic mass is 16.7. The number of hydrogen-bond donors (Lipinski definition) is 2. The van der Waals surface area contributed by atoms with Crippen LogP contribution in [0, 0.1) is 0 Å². The molecule has 0 saturated carbocycles. The van der Waals surface area contributed by atoms with Crippen LogP contribution in [-0.2, 0) is 35.3 Å². The summed E-state index contributed by atoms with van der Waals surface area (Å²) < 4.78 is 0. The van der Waals surface area contributed by atoms with Crippen molar-refractivity contribution in [2.75, 3.05) is 30.4 Å². The van der Waals surface area contributed by atoms with Gasteiger partial charge in [0.1, 0.15) is 0 Å². The van der Waals surface area contributed by atoms with Crippen LogP contribution in [0.15, 0.2) is 134 Å². The monoisotopic (exact) mass is 738 g/mol. The van der Waals surface area contributed by atoms with E-state index in [1.807, 2.05) is 97.1 Å². The second kappa shape index (κ2) is 18.2. The zero-order valence-electron chi connectivity index (χ0n) is 30.9. The Hall–Kier alpha value is -7.01. The van der Waals surface area contributed by atoms with Gasteiger partial charge in [-0.25, -0.2) is 9.59 Å². The number of amides is 2. The highest BCUT2D eigenvalue weighted by molar-refractivity contribution is 6.09. The summed E-state index contributed by atoms with van der Waals surface area (Å²) in [4.78, 5) is 72.1. The highest BCUT2D eigenvalue weighted by Crippen LogP contribution is 2.40. The average Bonchev–Trinajstić information content (AvgIpc) is 4.00. The van der Waals surface area contributed by atoms with Crippen molar-refractivity contribution in [1.29, 1.82) is 0 Å². The Kier molecular flexibility index (Phi) is 12.9. The molecule has 280 valence electrons. The Morgan fingerprint density at radius 1 is 0.764 bits per heavy atom. The van der Waals surface area contributed by atoms with E-state index in [1.165, 1.54) is 33.0 Å². The number of nitrogens with zero attached hydrogens (tertiary/aromatic N) is 2. The maximum absolute atomic E-state index is 13.2.